The SMILES string of the molecule is COc1ccc(C2CC(=O)c3cn4nc(C)c(-c5ccc(F)cc5)c4nc3C2)c(OC)c1. The first-order valence-corrected chi connectivity index (χ1v) is 10.4. The van der Waals surface area contributed by atoms with Crippen LogP contribution in [0.4, 0.5) is 4.39 Å². The standard InChI is InChI=1S/C25H22FN3O3/c1-14-24(15-4-6-17(26)7-5-15)25-27-21-10-16(11-22(30)20(21)13-29(25)28-14)19-9-8-18(31-2)12-23(19)32-3/h4-9,12-13,16H,10-11H2,1-3H3. The fourth-order valence-electron chi connectivity index (χ4n) is 4.48. The number of Topliss-reactive ketones (excluding diaryl/α,β-unsaturated/α-hetero) is 1. The van der Waals surface area contributed by atoms with Gasteiger partial charge in [0.05, 0.1) is 31.2 Å². The van der Waals surface area contributed by atoms with Gasteiger partial charge in [0.2, 0.25) is 0 Å². The van der Waals surface area contributed by atoms with Gasteiger partial charge in [-0.1, -0.05) is 18.2 Å². The van der Waals surface area contributed by atoms with Crippen LogP contribution in [-0.2, 0) is 6.42 Å². The van der Waals surface area contributed by atoms with Crippen molar-refractivity contribution >= 4 is 11.4 Å². The van der Waals surface area contributed by atoms with Crippen molar-refractivity contribution in [1.82, 2.24) is 14.6 Å². The van der Waals surface area contributed by atoms with Crippen molar-refractivity contribution in [2.24, 2.45) is 0 Å². The van der Waals surface area contributed by atoms with Gasteiger partial charge in [0.1, 0.15) is 17.3 Å². The van der Waals surface area contributed by atoms with E-state index in [9.17, 15) is 9.18 Å². The number of fused-ring (bicyclic) bond motifs is 2. The predicted octanol–water partition coefficient (Wildman–Crippen LogP) is 4.77. The van der Waals surface area contributed by atoms with E-state index in [1.54, 1.807) is 37.1 Å². The molecule has 0 bridgehead atoms. The van der Waals surface area contributed by atoms with Crippen LogP contribution in [0, 0.1) is 12.7 Å². The van der Waals surface area contributed by atoms with Crippen molar-refractivity contribution in [3.8, 4) is 22.6 Å². The molecule has 6 nitrogen and oxygen atoms in total. The number of rotatable bonds is 4. The number of hydrogen-bond donors (Lipinski definition) is 0. The van der Waals surface area contributed by atoms with E-state index in [0.29, 0.717) is 35.6 Å². The summed E-state index contributed by atoms with van der Waals surface area (Å²) in [7, 11) is 3.22. The lowest BCUT2D eigenvalue weighted by Crippen LogP contribution is -2.21. The highest BCUT2D eigenvalue weighted by Crippen LogP contribution is 2.39. The summed E-state index contributed by atoms with van der Waals surface area (Å²) in [6.45, 7) is 1.89. The largest absolute Gasteiger partial charge is 0.497 e. The molecule has 2 aromatic carbocycles. The zero-order valence-electron chi connectivity index (χ0n) is 18.1. The number of carbonyl (C=O) groups excluding carboxylic acids is 1. The summed E-state index contributed by atoms with van der Waals surface area (Å²) in [4.78, 5) is 17.9. The Balaban J connectivity index is 1.60. The van der Waals surface area contributed by atoms with E-state index in [2.05, 4.69) is 5.10 Å². The highest BCUT2D eigenvalue weighted by atomic mass is 19.1. The smallest absolute Gasteiger partial charge is 0.166 e. The molecule has 5 rings (SSSR count). The summed E-state index contributed by atoms with van der Waals surface area (Å²) in [6.07, 6.45) is 2.74. The molecule has 0 saturated carbocycles. The third-order valence-electron chi connectivity index (χ3n) is 6.05. The summed E-state index contributed by atoms with van der Waals surface area (Å²) >= 11 is 0. The number of halogens is 1. The molecule has 0 saturated heterocycles. The van der Waals surface area contributed by atoms with Crippen molar-refractivity contribution in [3.05, 3.63) is 77.0 Å². The van der Waals surface area contributed by atoms with Crippen LogP contribution in [0.15, 0.2) is 48.7 Å². The number of aryl methyl sites for hydroxylation is 1. The molecule has 0 amide bonds. The Morgan fingerprint density at radius 3 is 2.56 bits per heavy atom. The molecule has 0 radical (unpaired) electrons. The molecule has 1 atom stereocenters. The first-order valence-electron chi connectivity index (χ1n) is 10.4. The van der Waals surface area contributed by atoms with E-state index in [0.717, 1.165) is 28.1 Å². The van der Waals surface area contributed by atoms with Gasteiger partial charge < -0.3 is 9.47 Å². The van der Waals surface area contributed by atoms with Crippen LogP contribution < -0.4 is 9.47 Å². The quantitative estimate of drug-likeness (QED) is 0.466. The lowest BCUT2D eigenvalue weighted by molar-refractivity contribution is 0.0962. The van der Waals surface area contributed by atoms with Crippen LogP contribution in [0.3, 0.4) is 0 Å². The second-order valence-electron chi connectivity index (χ2n) is 7.97. The van der Waals surface area contributed by atoms with Crippen LogP contribution >= 0.6 is 0 Å². The Morgan fingerprint density at radius 2 is 1.84 bits per heavy atom. The zero-order valence-corrected chi connectivity index (χ0v) is 18.1. The fourth-order valence-corrected chi connectivity index (χ4v) is 4.48. The number of aromatic nitrogens is 3. The Bertz CT molecular complexity index is 1350. The van der Waals surface area contributed by atoms with E-state index in [1.165, 1.54) is 12.1 Å². The van der Waals surface area contributed by atoms with Gasteiger partial charge in [0.25, 0.3) is 0 Å². The number of nitrogens with zero attached hydrogens (tertiary/aromatic N) is 3. The third kappa shape index (κ3) is 3.30. The van der Waals surface area contributed by atoms with Crippen LogP contribution in [0.25, 0.3) is 16.8 Å². The molecule has 1 unspecified atom stereocenters. The normalized spacial score (nSPS) is 15.6. The van der Waals surface area contributed by atoms with E-state index < -0.39 is 0 Å². The lowest BCUT2D eigenvalue weighted by atomic mass is 9.81. The van der Waals surface area contributed by atoms with Gasteiger partial charge >= 0.3 is 0 Å². The molecule has 0 fully saturated rings. The highest BCUT2D eigenvalue weighted by molar-refractivity contribution is 5.99. The maximum atomic E-state index is 13.4. The topological polar surface area (TPSA) is 65.7 Å². The molecule has 4 aromatic rings. The molecular formula is C25H22FN3O3. The molecule has 32 heavy (non-hydrogen) atoms. The van der Waals surface area contributed by atoms with Crippen molar-refractivity contribution in [2.75, 3.05) is 14.2 Å². The van der Waals surface area contributed by atoms with Gasteiger partial charge in [-0.2, -0.15) is 5.10 Å². The summed E-state index contributed by atoms with van der Waals surface area (Å²) in [5, 5.41) is 4.55. The predicted molar refractivity (Wildman–Crippen MR) is 118 cm³/mol. The Labute approximate surface area is 184 Å². The minimum Gasteiger partial charge on any atom is -0.497 e. The summed E-state index contributed by atoms with van der Waals surface area (Å²) in [6, 6.07) is 11.9. The molecule has 1 aliphatic rings. The van der Waals surface area contributed by atoms with E-state index in [4.69, 9.17) is 14.5 Å². The minimum atomic E-state index is -0.296. The fraction of sp³-hybridized carbons (Fsp3) is 0.240. The van der Waals surface area contributed by atoms with Gasteiger partial charge in [0.15, 0.2) is 11.4 Å². The monoisotopic (exact) mass is 431 g/mol. The van der Waals surface area contributed by atoms with E-state index >= 15 is 0 Å². The second kappa shape index (κ2) is 7.75. The number of hydrogen-bond acceptors (Lipinski definition) is 5. The Hall–Kier alpha value is -3.74. The summed E-state index contributed by atoms with van der Waals surface area (Å²) in [5.41, 5.74) is 5.38. The first kappa shape index (κ1) is 20.2. The molecule has 0 N–H and O–H groups in total. The second-order valence-corrected chi connectivity index (χ2v) is 7.97. The van der Waals surface area contributed by atoms with Gasteiger partial charge in [-0.15, -0.1) is 0 Å². The van der Waals surface area contributed by atoms with Crippen molar-refractivity contribution in [3.63, 3.8) is 0 Å². The van der Waals surface area contributed by atoms with Crippen molar-refractivity contribution < 1.29 is 18.7 Å². The molecule has 7 heteroatoms. The first-order chi connectivity index (χ1) is 15.5. The van der Waals surface area contributed by atoms with Gasteiger partial charge in [-0.25, -0.2) is 13.9 Å². The number of methoxy groups -OCH3 is 2. The average Bonchev–Trinajstić information content (AvgIpc) is 3.12. The van der Waals surface area contributed by atoms with E-state index in [-0.39, 0.29) is 17.5 Å². The van der Waals surface area contributed by atoms with Gasteiger partial charge in [-0.05, 0) is 42.7 Å². The van der Waals surface area contributed by atoms with Crippen LogP contribution in [0.5, 0.6) is 11.5 Å². The van der Waals surface area contributed by atoms with Crippen LogP contribution in [-0.4, -0.2) is 34.6 Å². The molecular weight excluding hydrogens is 409 g/mol. The molecule has 0 aliphatic heterocycles. The number of ketones is 1. The minimum absolute atomic E-state index is 0.0278. The number of benzene rings is 2. The summed E-state index contributed by atoms with van der Waals surface area (Å²) < 4.78 is 25.9. The number of ether oxygens (including phenoxy) is 2. The lowest BCUT2D eigenvalue weighted by Gasteiger charge is -2.25. The Morgan fingerprint density at radius 1 is 1.06 bits per heavy atom. The molecule has 0 spiro atoms. The van der Waals surface area contributed by atoms with Crippen molar-refractivity contribution in [1.29, 1.82) is 0 Å². The maximum absolute atomic E-state index is 13.4. The van der Waals surface area contributed by atoms with Crippen molar-refractivity contribution in [2.45, 2.75) is 25.7 Å². The Kier molecular flexibility index (Phi) is 4.89. The van der Waals surface area contributed by atoms with Gasteiger partial charge in [-0.3, -0.25) is 4.79 Å². The highest BCUT2D eigenvalue weighted by Gasteiger charge is 2.31. The molecule has 2 heterocycles. The van der Waals surface area contributed by atoms with Gasteiger partial charge in [0, 0.05) is 30.2 Å². The molecule has 2 aromatic heterocycles. The number of carbonyl (C=O) groups is 1. The van der Waals surface area contributed by atoms with Crippen LogP contribution in [0.2, 0.25) is 0 Å². The molecule has 162 valence electrons. The molecule has 1 aliphatic carbocycles. The zero-order chi connectivity index (χ0) is 22.4. The average molecular weight is 431 g/mol. The summed E-state index contributed by atoms with van der Waals surface area (Å²) in [5.74, 6) is 1.07. The third-order valence-corrected chi connectivity index (χ3v) is 6.05. The van der Waals surface area contributed by atoms with E-state index in [1.807, 2.05) is 25.1 Å². The maximum Gasteiger partial charge on any atom is 0.166 e. The van der Waals surface area contributed by atoms with Crippen LogP contribution in [0.1, 0.15) is 39.6 Å².